The molecule has 0 heterocycles. The molecule has 0 saturated heterocycles. The Kier molecular flexibility index (Phi) is 7.77. The first-order valence-corrected chi connectivity index (χ1v) is 9.62. The van der Waals surface area contributed by atoms with Crippen LogP contribution in [0.2, 0.25) is 0 Å². The lowest BCUT2D eigenvalue weighted by Gasteiger charge is -2.29. The molecule has 8 heteroatoms. The number of amidine groups is 1. The molecule has 0 atom stereocenters. The third-order valence-corrected chi connectivity index (χ3v) is 2.99. The second-order valence-corrected chi connectivity index (χ2v) is 9.58. The fraction of sp³-hybridized carbons (Fsp3) is 0.545. The summed E-state index contributed by atoms with van der Waals surface area (Å²) in [5.74, 6) is -0.256. The van der Waals surface area contributed by atoms with Gasteiger partial charge in [0.05, 0.1) is 0 Å². The fourth-order valence-corrected chi connectivity index (χ4v) is 2.06. The summed E-state index contributed by atoms with van der Waals surface area (Å²) in [6, 6.07) is 8.32. The van der Waals surface area contributed by atoms with E-state index in [2.05, 4.69) is 4.99 Å². The average molecular weight is 421 g/mol. The third kappa shape index (κ3) is 9.07. The van der Waals surface area contributed by atoms with Gasteiger partial charge < -0.3 is 14.2 Å². The van der Waals surface area contributed by atoms with Crippen LogP contribution in [-0.4, -0.2) is 45.8 Å². The summed E-state index contributed by atoms with van der Waals surface area (Å²) >= 11 is 0. The van der Waals surface area contributed by atoms with Crippen molar-refractivity contribution in [2.24, 2.45) is 4.99 Å². The lowest BCUT2D eigenvalue weighted by molar-refractivity contribution is 0.0148. The molecule has 0 spiro atoms. The maximum Gasteiger partial charge on any atom is 0.436 e. The Bertz CT molecular complexity index is 768. The average Bonchev–Trinajstić information content (AvgIpc) is 2.49. The summed E-state index contributed by atoms with van der Waals surface area (Å²) in [6.07, 6.45) is -3.01. The quantitative estimate of drug-likeness (QED) is 0.336. The van der Waals surface area contributed by atoms with Crippen molar-refractivity contribution in [2.75, 3.05) is 0 Å². The van der Waals surface area contributed by atoms with Crippen LogP contribution < -0.4 is 0 Å². The van der Waals surface area contributed by atoms with Crippen LogP contribution in [0.4, 0.5) is 14.4 Å². The highest BCUT2D eigenvalue weighted by atomic mass is 16.6. The van der Waals surface area contributed by atoms with Gasteiger partial charge in [0, 0.05) is 5.56 Å². The zero-order chi connectivity index (χ0) is 23.3. The number of hydrogen-bond acceptors (Lipinski definition) is 6. The first kappa shape index (κ1) is 25.1. The standard InChI is InChI=1S/C22H32N2O6/c1-20(2,3)28-17(25)23-16(15-13-11-10-12-14-15)24(18(26)29-21(4,5)6)19(27)30-22(7,8)9/h10-14H,1-9H3. The Labute approximate surface area is 178 Å². The lowest BCUT2D eigenvalue weighted by atomic mass is 10.2. The van der Waals surface area contributed by atoms with Crippen molar-refractivity contribution in [1.82, 2.24) is 4.90 Å². The summed E-state index contributed by atoms with van der Waals surface area (Å²) in [7, 11) is 0. The molecule has 0 saturated carbocycles. The second-order valence-electron chi connectivity index (χ2n) is 9.58. The van der Waals surface area contributed by atoms with E-state index in [-0.39, 0.29) is 5.84 Å². The summed E-state index contributed by atoms with van der Waals surface area (Å²) in [6.45, 7) is 15.0. The third-order valence-electron chi connectivity index (χ3n) is 2.99. The predicted molar refractivity (Wildman–Crippen MR) is 114 cm³/mol. The summed E-state index contributed by atoms with van der Waals surface area (Å²) in [5.41, 5.74) is -2.28. The van der Waals surface area contributed by atoms with Crippen molar-refractivity contribution in [3.05, 3.63) is 35.9 Å². The van der Waals surface area contributed by atoms with Crippen molar-refractivity contribution in [3.8, 4) is 0 Å². The molecule has 0 aliphatic carbocycles. The molecule has 30 heavy (non-hydrogen) atoms. The number of imide groups is 1. The van der Waals surface area contributed by atoms with Gasteiger partial charge in [-0.1, -0.05) is 30.3 Å². The number of amides is 3. The van der Waals surface area contributed by atoms with Gasteiger partial charge in [0.25, 0.3) is 0 Å². The largest absolute Gasteiger partial charge is 0.443 e. The molecule has 0 aliphatic rings. The van der Waals surface area contributed by atoms with Gasteiger partial charge in [0.15, 0.2) is 5.84 Å². The number of nitrogens with zero attached hydrogens (tertiary/aromatic N) is 2. The molecule has 166 valence electrons. The van der Waals surface area contributed by atoms with Gasteiger partial charge in [0.1, 0.15) is 16.8 Å². The van der Waals surface area contributed by atoms with Gasteiger partial charge in [-0.05, 0) is 62.3 Å². The van der Waals surface area contributed by atoms with Crippen molar-refractivity contribution in [3.63, 3.8) is 0 Å². The molecule has 0 aliphatic heterocycles. The van der Waals surface area contributed by atoms with E-state index < -0.39 is 35.1 Å². The number of rotatable bonds is 1. The maximum atomic E-state index is 12.9. The van der Waals surface area contributed by atoms with Gasteiger partial charge >= 0.3 is 18.3 Å². The Balaban J connectivity index is 3.56. The highest BCUT2D eigenvalue weighted by molar-refractivity contribution is 6.17. The van der Waals surface area contributed by atoms with E-state index in [1.165, 1.54) is 0 Å². The Morgan fingerprint density at radius 2 is 1.10 bits per heavy atom. The number of hydrogen-bond donors (Lipinski definition) is 0. The second kappa shape index (κ2) is 9.28. The monoisotopic (exact) mass is 420 g/mol. The van der Waals surface area contributed by atoms with E-state index in [0.717, 1.165) is 0 Å². The number of aliphatic imine (C=N–C) groups is 1. The number of carbonyl (C=O) groups excluding carboxylic acids is 3. The molecule has 0 unspecified atom stereocenters. The zero-order valence-corrected chi connectivity index (χ0v) is 19.2. The van der Waals surface area contributed by atoms with Crippen molar-refractivity contribution in [1.29, 1.82) is 0 Å². The van der Waals surface area contributed by atoms with E-state index in [9.17, 15) is 14.4 Å². The SMILES string of the molecule is CC(C)(C)OC(=O)N=C(c1ccccc1)N(C(=O)OC(C)(C)C)C(=O)OC(C)(C)C. The summed E-state index contributed by atoms with van der Waals surface area (Å²) in [4.78, 5) is 42.8. The van der Waals surface area contributed by atoms with Gasteiger partial charge in [-0.2, -0.15) is 9.89 Å². The van der Waals surface area contributed by atoms with E-state index in [1.807, 2.05) is 0 Å². The van der Waals surface area contributed by atoms with Crippen LogP contribution in [0.15, 0.2) is 35.3 Å². The summed E-state index contributed by atoms with van der Waals surface area (Å²) < 4.78 is 16.0. The van der Waals surface area contributed by atoms with Crippen LogP contribution in [-0.2, 0) is 14.2 Å². The minimum atomic E-state index is -1.03. The zero-order valence-electron chi connectivity index (χ0n) is 19.2. The minimum Gasteiger partial charge on any atom is -0.443 e. The molecule has 0 N–H and O–H groups in total. The molecular weight excluding hydrogens is 388 g/mol. The fourth-order valence-electron chi connectivity index (χ4n) is 2.06. The van der Waals surface area contributed by atoms with Gasteiger partial charge in [-0.3, -0.25) is 0 Å². The van der Waals surface area contributed by atoms with E-state index in [0.29, 0.717) is 10.5 Å². The summed E-state index contributed by atoms with van der Waals surface area (Å²) in [5, 5.41) is 0. The van der Waals surface area contributed by atoms with Crippen LogP contribution in [0, 0.1) is 0 Å². The Morgan fingerprint density at radius 3 is 1.47 bits per heavy atom. The molecule has 0 aromatic heterocycles. The Hall–Kier alpha value is -2.90. The molecule has 1 aromatic rings. The predicted octanol–water partition coefficient (Wildman–Crippen LogP) is 5.54. The molecule has 3 amide bonds. The van der Waals surface area contributed by atoms with Crippen LogP contribution in [0.3, 0.4) is 0 Å². The number of ether oxygens (including phenoxy) is 3. The molecule has 1 aromatic carbocycles. The van der Waals surface area contributed by atoms with Crippen LogP contribution >= 0.6 is 0 Å². The minimum absolute atomic E-state index is 0.256. The van der Waals surface area contributed by atoms with Gasteiger partial charge in [-0.15, -0.1) is 0 Å². The van der Waals surface area contributed by atoms with Gasteiger partial charge in [-0.25, -0.2) is 14.4 Å². The van der Waals surface area contributed by atoms with Crippen LogP contribution in [0.1, 0.15) is 67.9 Å². The topological polar surface area (TPSA) is 94.5 Å². The van der Waals surface area contributed by atoms with Crippen LogP contribution in [0.25, 0.3) is 0 Å². The molecule has 1 rings (SSSR count). The molecule has 0 radical (unpaired) electrons. The number of benzene rings is 1. The smallest absolute Gasteiger partial charge is 0.436 e. The number of carbonyl (C=O) groups is 3. The first-order valence-electron chi connectivity index (χ1n) is 9.62. The molecule has 8 nitrogen and oxygen atoms in total. The highest BCUT2D eigenvalue weighted by Crippen LogP contribution is 2.19. The van der Waals surface area contributed by atoms with E-state index in [4.69, 9.17) is 14.2 Å². The van der Waals surface area contributed by atoms with Crippen molar-refractivity contribution in [2.45, 2.75) is 79.1 Å². The van der Waals surface area contributed by atoms with E-state index in [1.54, 1.807) is 92.6 Å². The highest BCUT2D eigenvalue weighted by Gasteiger charge is 2.36. The Morgan fingerprint density at radius 1 is 0.700 bits per heavy atom. The normalized spacial score (nSPS) is 12.8. The maximum absolute atomic E-state index is 12.9. The molecule has 0 fully saturated rings. The molecule has 0 bridgehead atoms. The van der Waals surface area contributed by atoms with Crippen LogP contribution in [0.5, 0.6) is 0 Å². The first-order chi connectivity index (χ1) is 13.5. The van der Waals surface area contributed by atoms with Crippen molar-refractivity contribution < 1.29 is 28.6 Å². The van der Waals surface area contributed by atoms with Crippen molar-refractivity contribution >= 4 is 24.1 Å². The van der Waals surface area contributed by atoms with Gasteiger partial charge in [0.2, 0.25) is 0 Å². The van der Waals surface area contributed by atoms with E-state index >= 15 is 0 Å². The molecular formula is C22H32N2O6. The lowest BCUT2D eigenvalue weighted by Crippen LogP contribution is -2.47.